The smallest absolute Gasteiger partial charge is 0.263 e. The number of aromatic nitrogens is 3. The van der Waals surface area contributed by atoms with Gasteiger partial charge >= 0.3 is 0 Å². The monoisotopic (exact) mass is 382 g/mol. The van der Waals surface area contributed by atoms with E-state index < -0.39 is 0 Å². The van der Waals surface area contributed by atoms with E-state index in [1.54, 1.807) is 5.51 Å². The van der Waals surface area contributed by atoms with E-state index in [-0.39, 0.29) is 5.91 Å². The van der Waals surface area contributed by atoms with E-state index >= 15 is 0 Å². The maximum atomic E-state index is 12.1. The fraction of sp³-hybridized carbons (Fsp3) is 0.263. The molecule has 8 heteroatoms. The van der Waals surface area contributed by atoms with Crippen molar-refractivity contribution in [3.63, 3.8) is 0 Å². The van der Waals surface area contributed by atoms with Crippen molar-refractivity contribution >= 4 is 34.7 Å². The molecule has 2 aromatic heterocycles. The fourth-order valence-electron chi connectivity index (χ4n) is 2.45. The van der Waals surface area contributed by atoms with Crippen LogP contribution in [0.15, 0.2) is 35.8 Å². The van der Waals surface area contributed by atoms with Gasteiger partial charge in [-0.3, -0.25) is 4.79 Å². The molecular weight excluding hydrogens is 360 g/mol. The summed E-state index contributed by atoms with van der Waals surface area (Å²) < 4.78 is 0. The van der Waals surface area contributed by atoms with Crippen molar-refractivity contribution < 1.29 is 4.79 Å². The van der Waals surface area contributed by atoms with Crippen LogP contribution >= 0.6 is 11.3 Å². The molecule has 7 nitrogen and oxygen atoms in total. The molecule has 2 heterocycles. The molecule has 0 bridgehead atoms. The SMILES string of the molecule is Cc1ccc(Nc2cc(C)nc(NCCNC(=O)c3scnc3C)n2)cc1. The number of carbonyl (C=O) groups excluding carboxylic acids is 1. The molecule has 0 saturated carbocycles. The number of thiazole rings is 1. The summed E-state index contributed by atoms with van der Waals surface area (Å²) in [6.07, 6.45) is 0. The van der Waals surface area contributed by atoms with Crippen molar-refractivity contribution in [2.75, 3.05) is 23.7 Å². The van der Waals surface area contributed by atoms with Gasteiger partial charge in [0.15, 0.2) is 0 Å². The Balaban J connectivity index is 1.54. The van der Waals surface area contributed by atoms with Crippen molar-refractivity contribution in [1.82, 2.24) is 20.3 Å². The average Bonchev–Trinajstić information content (AvgIpc) is 3.06. The van der Waals surface area contributed by atoms with Crippen molar-refractivity contribution in [3.05, 3.63) is 57.7 Å². The lowest BCUT2D eigenvalue weighted by atomic mass is 10.2. The van der Waals surface area contributed by atoms with Crippen LogP contribution in [-0.2, 0) is 0 Å². The molecule has 140 valence electrons. The van der Waals surface area contributed by atoms with Crippen molar-refractivity contribution in [2.45, 2.75) is 20.8 Å². The van der Waals surface area contributed by atoms with Gasteiger partial charge in [-0.15, -0.1) is 11.3 Å². The van der Waals surface area contributed by atoms with Crippen LogP contribution < -0.4 is 16.0 Å². The summed E-state index contributed by atoms with van der Waals surface area (Å²) in [6, 6.07) is 10.00. The van der Waals surface area contributed by atoms with E-state index in [1.807, 2.05) is 44.2 Å². The molecule has 0 unspecified atom stereocenters. The second-order valence-corrected chi connectivity index (χ2v) is 7.01. The summed E-state index contributed by atoms with van der Waals surface area (Å²) in [4.78, 5) is 25.7. The van der Waals surface area contributed by atoms with Crippen LogP contribution in [0, 0.1) is 20.8 Å². The molecule has 3 aromatic rings. The Kier molecular flexibility index (Phi) is 5.97. The highest BCUT2D eigenvalue weighted by atomic mass is 32.1. The van der Waals surface area contributed by atoms with Gasteiger partial charge in [-0.1, -0.05) is 17.7 Å². The van der Waals surface area contributed by atoms with Crippen LogP contribution in [0.4, 0.5) is 17.5 Å². The third-order valence-corrected chi connectivity index (χ3v) is 4.75. The predicted octanol–water partition coefficient (Wildman–Crippen LogP) is 3.44. The Morgan fingerprint density at radius 2 is 1.85 bits per heavy atom. The first kappa shape index (κ1) is 18.8. The highest BCUT2D eigenvalue weighted by Crippen LogP contribution is 2.17. The van der Waals surface area contributed by atoms with E-state index in [4.69, 9.17) is 0 Å². The summed E-state index contributed by atoms with van der Waals surface area (Å²) in [5.41, 5.74) is 5.45. The Morgan fingerprint density at radius 3 is 2.56 bits per heavy atom. The molecule has 0 radical (unpaired) electrons. The van der Waals surface area contributed by atoms with Gasteiger partial charge in [0, 0.05) is 30.5 Å². The number of nitrogens with one attached hydrogen (secondary N) is 3. The minimum atomic E-state index is -0.108. The van der Waals surface area contributed by atoms with Gasteiger partial charge in [0.05, 0.1) is 11.2 Å². The van der Waals surface area contributed by atoms with E-state index in [0.717, 1.165) is 22.9 Å². The summed E-state index contributed by atoms with van der Waals surface area (Å²) >= 11 is 1.34. The zero-order chi connectivity index (χ0) is 19.2. The number of nitrogens with zero attached hydrogens (tertiary/aromatic N) is 3. The molecule has 1 aromatic carbocycles. The fourth-order valence-corrected chi connectivity index (χ4v) is 3.17. The van der Waals surface area contributed by atoms with Gasteiger partial charge in [-0.05, 0) is 32.9 Å². The van der Waals surface area contributed by atoms with Crippen LogP contribution in [0.3, 0.4) is 0 Å². The second-order valence-electron chi connectivity index (χ2n) is 6.16. The number of anilines is 3. The van der Waals surface area contributed by atoms with Gasteiger partial charge in [0.2, 0.25) is 5.95 Å². The number of aryl methyl sites for hydroxylation is 3. The summed E-state index contributed by atoms with van der Waals surface area (Å²) in [6.45, 7) is 6.79. The minimum Gasteiger partial charge on any atom is -0.352 e. The molecule has 3 N–H and O–H groups in total. The van der Waals surface area contributed by atoms with Crippen molar-refractivity contribution in [1.29, 1.82) is 0 Å². The second kappa shape index (κ2) is 8.59. The highest BCUT2D eigenvalue weighted by Gasteiger charge is 2.10. The molecule has 3 rings (SSSR count). The number of hydrogen-bond acceptors (Lipinski definition) is 7. The summed E-state index contributed by atoms with van der Waals surface area (Å²) in [7, 11) is 0. The quantitative estimate of drug-likeness (QED) is 0.542. The Morgan fingerprint density at radius 1 is 1.07 bits per heavy atom. The van der Waals surface area contributed by atoms with Crippen LogP contribution in [0.5, 0.6) is 0 Å². The third kappa shape index (κ3) is 5.24. The first-order valence-electron chi connectivity index (χ1n) is 8.63. The molecule has 1 amide bonds. The molecule has 0 saturated heterocycles. The van der Waals surface area contributed by atoms with E-state index in [2.05, 4.69) is 37.8 Å². The lowest BCUT2D eigenvalue weighted by molar-refractivity contribution is 0.0958. The normalized spacial score (nSPS) is 10.5. The number of amides is 1. The zero-order valence-electron chi connectivity index (χ0n) is 15.5. The van der Waals surface area contributed by atoms with Crippen molar-refractivity contribution in [3.8, 4) is 0 Å². The van der Waals surface area contributed by atoms with Gasteiger partial charge in [0.25, 0.3) is 5.91 Å². The topological polar surface area (TPSA) is 91.8 Å². The van der Waals surface area contributed by atoms with Gasteiger partial charge in [-0.25, -0.2) is 9.97 Å². The standard InChI is InChI=1S/C19H22N6OS/c1-12-4-6-15(7-5-12)24-16-10-13(2)23-19(25-16)21-9-8-20-18(26)17-14(3)22-11-27-17/h4-7,10-11H,8-9H2,1-3H3,(H,20,26)(H2,21,23,24,25). The van der Waals surface area contributed by atoms with E-state index in [1.165, 1.54) is 16.9 Å². The minimum absolute atomic E-state index is 0.108. The van der Waals surface area contributed by atoms with E-state index in [0.29, 0.717) is 23.9 Å². The molecule has 27 heavy (non-hydrogen) atoms. The zero-order valence-corrected chi connectivity index (χ0v) is 16.4. The first-order chi connectivity index (χ1) is 13.0. The molecular formula is C19H22N6OS. The van der Waals surface area contributed by atoms with Gasteiger partial charge in [-0.2, -0.15) is 4.98 Å². The highest BCUT2D eigenvalue weighted by molar-refractivity contribution is 7.11. The Bertz CT molecular complexity index is 922. The molecule has 0 spiro atoms. The number of benzene rings is 1. The summed E-state index contributed by atoms with van der Waals surface area (Å²) in [5, 5.41) is 9.29. The molecule has 0 aliphatic rings. The number of hydrogen-bond donors (Lipinski definition) is 3. The maximum absolute atomic E-state index is 12.1. The molecule has 0 aliphatic carbocycles. The number of rotatable bonds is 7. The number of carbonyl (C=O) groups is 1. The molecule has 0 aliphatic heterocycles. The van der Waals surface area contributed by atoms with Crippen LogP contribution in [0.2, 0.25) is 0 Å². The van der Waals surface area contributed by atoms with Crippen LogP contribution in [0.1, 0.15) is 26.6 Å². The van der Waals surface area contributed by atoms with Crippen molar-refractivity contribution in [2.24, 2.45) is 0 Å². The lowest BCUT2D eigenvalue weighted by Crippen LogP contribution is -2.29. The van der Waals surface area contributed by atoms with Crippen LogP contribution in [-0.4, -0.2) is 33.9 Å². The lowest BCUT2D eigenvalue weighted by Gasteiger charge is -2.10. The van der Waals surface area contributed by atoms with Gasteiger partial charge < -0.3 is 16.0 Å². The van der Waals surface area contributed by atoms with E-state index in [9.17, 15) is 4.79 Å². The van der Waals surface area contributed by atoms with Gasteiger partial charge in [0.1, 0.15) is 10.7 Å². The largest absolute Gasteiger partial charge is 0.352 e. The molecule has 0 fully saturated rings. The third-order valence-electron chi connectivity index (χ3n) is 3.82. The average molecular weight is 382 g/mol. The predicted molar refractivity (Wildman–Crippen MR) is 109 cm³/mol. The first-order valence-corrected chi connectivity index (χ1v) is 9.51. The maximum Gasteiger partial charge on any atom is 0.263 e. The Labute approximate surface area is 162 Å². The molecule has 0 atom stereocenters. The summed E-state index contributed by atoms with van der Waals surface area (Å²) in [5.74, 6) is 1.13. The van der Waals surface area contributed by atoms with Crippen LogP contribution in [0.25, 0.3) is 0 Å². The Hall–Kier alpha value is -3.00.